The summed E-state index contributed by atoms with van der Waals surface area (Å²) in [6, 6.07) is 12.7. The first kappa shape index (κ1) is 78.3. The zero-order valence-corrected chi connectivity index (χ0v) is 58.1. The summed E-state index contributed by atoms with van der Waals surface area (Å²) in [5, 5.41) is 14.7. The summed E-state index contributed by atoms with van der Waals surface area (Å²) in [7, 11) is 0. The van der Waals surface area contributed by atoms with Crippen molar-refractivity contribution in [3.8, 4) is 0 Å². The van der Waals surface area contributed by atoms with Gasteiger partial charge in [-0.15, -0.1) is 0 Å². The molecule has 2 aromatic carbocycles. The molecule has 5 bridgehead atoms. The number of aromatic nitrogens is 2. The molecule has 0 unspecified atom stereocenters. The SMILES string of the molecule is CC(C)[C@@H]1OC(=O)C(CF)(CF)/C=C/c2ccc3ccc(nc3c2)[C@@H](C)NC(=O)[C@@H]2CCCN(N2)C(=O)[C@H](C)NC1=O.CC(C)[C@H](OC(=O)C(/C=C/c1ccc2ccc([C@@H](C)NC(=O)OC(C)(C)C)nc2c1)(CF)CF)C(=O)N[C@@H](C)C(=O)N1CCC[C@@H](C(=O)OCC(Cl)(Cl)Cl)N1. The molecule has 8 atom stereocenters. The Balaban J connectivity index is 0.000000317. The van der Waals surface area contributed by atoms with Crippen LogP contribution in [0.15, 0.2) is 72.8 Å². The first-order chi connectivity index (χ1) is 45.5. The number of rotatable bonds is 17. The van der Waals surface area contributed by atoms with E-state index in [2.05, 4.69) is 42.1 Å². The summed E-state index contributed by atoms with van der Waals surface area (Å²) >= 11 is 16.9. The number of nitrogens with zero attached hydrogens (tertiary/aromatic N) is 4. The third-order valence-electron chi connectivity index (χ3n) is 15.9. The normalized spacial score (nSPS) is 21.1. The van der Waals surface area contributed by atoms with Crippen LogP contribution in [0.25, 0.3) is 34.0 Å². The summed E-state index contributed by atoms with van der Waals surface area (Å²) in [6.45, 7) is 12.3. The maximum atomic E-state index is 14.6. The fourth-order valence-corrected chi connectivity index (χ4v) is 10.3. The maximum Gasteiger partial charge on any atom is 0.408 e. The highest BCUT2D eigenvalue weighted by molar-refractivity contribution is 6.67. The molecule has 97 heavy (non-hydrogen) atoms. The second-order valence-electron chi connectivity index (χ2n) is 25.9. The number of pyridine rings is 2. The molecule has 0 aliphatic carbocycles. The fourth-order valence-electron chi connectivity index (χ4n) is 10.2. The minimum absolute atomic E-state index is 0.205. The molecule has 3 aliphatic heterocycles. The van der Waals surface area contributed by atoms with Crippen LogP contribution in [-0.4, -0.2) is 166 Å². The highest BCUT2D eigenvalue weighted by Crippen LogP contribution is 2.31. The van der Waals surface area contributed by atoms with E-state index in [0.717, 1.165) is 27.9 Å². The average molecular weight is 1420 g/mol. The van der Waals surface area contributed by atoms with Crippen LogP contribution in [0.3, 0.4) is 0 Å². The first-order valence-electron chi connectivity index (χ1n) is 31.7. The van der Waals surface area contributed by atoms with Crippen molar-refractivity contribution in [1.82, 2.24) is 52.1 Å². The van der Waals surface area contributed by atoms with Gasteiger partial charge >= 0.3 is 24.0 Å². The Hall–Kier alpha value is -7.72. The quantitative estimate of drug-likeness (QED) is 0.0248. The molecule has 23 nitrogen and oxygen atoms in total. The van der Waals surface area contributed by atoms with Crippen LogP contribution in [0.1, 0.15) is 136 Å². The number of hydrogen-bond acceptors (Lipinski definition) is 17. The average Bonchev–Trinajstić information content (AvgIpc) is 1.24. The van der Waals surface area contributed by atoms with Gasteiger partial charge in [0.15, 0.2) is 12.2 Å². The van der Waals surface area contributed by atoms with E-state index in [4.69, 9.17) is 53.8 Å². The van der Waals surface area contributed by atoms with Gasteiger partial charge in [-0.3, -0.25) is 58.3 Å². The Bertz CT molecular complexity index is 3570. The summed E-state index contributed by atoms with van der Waals surface area (Å²) in [5.41, 5.74) is 3.57. The molecular formula is C67H85Cl3F4N10O13. The Morgan fingerprint density at radius 3 is 2.04 bits per heavy atom. The smallest absolute Gasteiger partial charge is 0.408 e. The third kappa shape index (κ3) is 21.4. The first-order valence-corrected chi connectivity index (χ1v) is 32.8. The van der Waals surface area contributed by atoms with Crippen molar-refractivity contribution in [1.29, 1.82) is 0 Å². The number of alkyl halides is 7. The zero-order valence-electron chi connectivity index (χ0n) is 55.9. The number of hydrogen-bond donors (Lipinski definition) is 6. The predicted molar refractivity (Wildman–Crippen MR) is 356 cm³/mol. The number of carbonyl (C=O) groups excluding carboxylic acids is 9. The summed E-state index contributed by atoms with van der Waals surface area (Å²) in [5.74, 6) is -7.59. The largest absolute Gasteiger partial charge is 0.460 e. The predicted octanol–water partition coefficient (Wildman–Crippen LogP) is 9.17. The molecule has 5 heterocycles. The number of hydrazine groups is 2. The summed E-state index contributed by atoms with van der Waals surface area (Å²) < 4.78 is 77.1. The second-order valence-corrected chi connectivity index (χ2v) is 28.5. The molecule has 2 fully saturated rings. The minimum Gasteiger partial charge on any atom is -0.460 e. The van der Waals surface area contributed by atoms with E-state index < -0.39 is 161 Å². The van der Waals surface area contributed by atoms with Crippen molar-refractivity contribution < 1.29 is 79.7 Å². The van der Waals surface area contributed by atoms with Gasteiger partial charge in [0.05, 0.1) is 34.5 Å². The standard InChI is InChI=1S/C37H48Cl3F2N5O8.C30H37F2N5O5/c1-21(2)29(30(48)43-23(4)31(49)47-16-8-9-27(46-47)32(50)53-20-37(38,39)40)54-33(51)36(18-41,19-42)15-14-24-10-11-25-12-13-26(45-28(25)17-24)22(3)44-34(52)55-35(5,6)7;1-17(2)25-27(39)34-19(4)28(40)37-13-5-6-23(36-37)26(38)33-18(3)22-10-9-21-8-7-20(14-24(21)35-22)11-12-30(15-31,16-32)29(41)42-25/h10-15,17,21-23,27,29,46H,8-9,16,18-20H2,1-7H3,(H,43,48)(H,44,52);7-12,14,17-19,23,25,36H,5-6,13,15-16H2,1-4H3,(H,33,38)(H,34,39)/b15-14+;12-11+/t22-,23+,27+,29+;18-,19+,23+,25+/m11/s1. The van der Waals surface area contributed by atoms with Crippen LogP contribution in [-0.2, 0) is 57.3 Å². The molecular weight excluding hydrogens is 1340 g/mol. The van der Waals surface area contributed by atoms with Crippen molar-refractivity contribution in [2.75, 3.05) is 46.4 Å². The molecule has 0 spiro atoms. The van der Waals surface area contributed by atoms with Gasteiger partial charge in [-0.1, -0.05) is 123 Å². The van der Waals surface area contributed by atoms with Crippen LogP contribution < -0.4 is 32.1 Å². The lowest BCUT2D eigenvalue weighted by Gasteiger charge is -2.35. The van der Waals surface area contributed by atoms with E-state index in [9.17, 15) is 60.7 Å². The molecule has 30 heteroatoms. The number of fused-ring (bicyclic) bond motifs is 5. The molecule has 530 valence electrons. The molecule has 2 aromatic heterocycles. The van der Waals surface area contributed by atoms with Gasteiger partial charge in [-0.05, 0) is 121 Å². The van der Waals surface area contributed by atoms with Crippen LogP contribution in [0.2, 0.25) is 0 Å². The molecule has 0 saturated carbocycles. The fraction of sp³-hybridized carbons (Fsp3) is 0.537. The number of amides is 6. The van der Waals surface area contributed by atoms with Crippen LogP contribution in [0.4, 0.5) is 22.4 Å². The van der Waals surface area contributed by atoms with E-state index in [1.807, 2.05) is 12.1 Å². The lowest BCUT2D eigenvalue weighted by Crippen LogP contribution is -2.61. The Kier molecular flexibility index (Phi) is 27.6. The number of ether oxygens (including phenoxy) is 4. The number of cyclic esters (lactones) is 1. The molecule has 7 rings (SSSR count). The lowest BCUT2D eigenvalue weighted by atomic mass is 9.89. The molecule has 3 aliphatic rings. The van der Waals surface area contributed by atoms with Crippen LogP contribution >= 0.6 is 34.8 Å². The van der Waals surface area contributed by atoms with Crippen LogP contribution in [0, 0.1) is 22.7 Å². The number of benzene rings is 2. The van der Waals surface area contributed by atoms with Crippen molar-refractivity contribution in [3.05, 3.63) is 95.3 Å². The van der Waals surface area contributed by atoms with Crippen molar-refractivity contribution in [3.63, 3.8) is 0 Å². The summed E-state index contributed by atoms with van der Waals surface area (Å²) in [4.78, 5) is 127. The molecule has 6 amide bonds. The van der Waals surface area contributed by atoms with Crippen molar-refractivity contribution in [2.24, 2.45) is 22.7 Å². The van der Waals surface area contributed by atoms with Gasteiger partial charge in [-0.2, -0.15) is 0 Å². The maximum absolute atomic E-state index is 14.6. The van der Waals surface area contributed by atoms with E-state index >= 15 is 0 Å². The number of esters is 3. The Morgan fingerprint density at radius 2 is 1.41 bits per heavy atom. The Morgan fingerprint density at radius 1 is 0.784 bits per heavy atom. The number of carbonyl (C=O) groups is 9. The molecule has 2 saturated heterocycles. The van der Waals surface area contributed by atoms with Crippen molar-refractivity contribution >= 4 is 122 Å². The van der Waals surface area contributed by atoms with Crippen LogP contribution in [0.5, 0.6) is 0 Å². The number of nitrogens with one attached hydrogen (secondary N) is 6. The van der Waals surface area contributed by atoms with Gasteiger partial charge in [0.1, 0.15) is 73.9 Å². The number of alkyl carbamates (subject to hydrolysis) is 1. The van der Waals surface area contributed by atoms with Gasteiger partial charge in [0, 0.05) is 23.9 Å². The zero-order chi connectivity index (χ0) is 71.9. The topological polar surface area (TPSA) is 295 Å². The highest BCUT2D eigenvalue weighted by Gasteiger charge is 2.44. The molecule has 0 radical (unpaired) electrons. The van der Waals surface area contributed by atoms with E-state index in [1.54, 1.807) is 111 Å². The lowest BCUT2D eigenvalue weighted by molar-refractivity contribution is -0.168. The molecule has 6 N–H and O–H groups in total. The third-order valence-corrected chi connectivity index (χ3v) is 16.3. The Labute approximate surface area is 575 Å². The van der Waals surface area contributed by atoms with E-state index in [1.165, 1.54) is 31.0 Å². The van der Waals surface area contributed by atoms with Crippen molar-refractivity contribution in [2.45, 2.75) is 160 Å². The highest BCUT2D eigenvalue weighted by atomic mass is 35.6. The van der Waals surface area contributed by atoms with Gasteiger partial charge in [0.2, 0.25) is 9.70 Å². The van der Waals surface area contributed by atoms with Gasteiger partial charge in [-0.25, -0.2) is 33.2 Å². The molecule has 4 aromatic rings. The minimum atomic E-state index is -2.39. The monoisotopic (exact) mass is 1420 g/mol. The van der Waals surface area contributed by atoms with Gasteiger partial charge in [0.25, 0.3) is 23.6 Å². The van der Waals surface area contributed by atoms with E-state index in [-0.39, 0.29) is 12.5 Å². The van der Waals surface area contributed by atoms with E-state index in [0.29, 0.717) is 65.8 Å². The van der Waals surface area contributed by atoms with Gasteiger partial charge < -0.3 is 40.2 Å². The second kappa shape index (κ2) is 34.2. The summed E-state index contributed by atoms with van der Waals surface area (Å²) in [6.07, 6.45) is 3.18. The number of halogens is 7.